The molecular formula is C11H13NO2. The van der Waals surface area contributed by atoms with Crippen molar-refractivity contribution in [3.63, 3.8) is 0 Å². The maximum atomic E-state index is 10.4. The Hall–Kier alpha value is -1.64. The number of carboxylic acid groups (broad SMARTS) is 1. The molecule has 1 rings (SSSR count). The molecule has 0 heterocycles. The zero-order chi connectivity index (χ0) is 10.4. The van der Waals surface area contributed by atoms with Gasteiger partial charge in [-0.25, -0.2) is 0 Å². The third-order valence-electron chi connectivity index (χ3n) is 2.10. The van der Waals surface area contributed by atoms with Crippen LogP contribution >= 0.6 is 0 Å². The lowest BCUT2D eigenvalue weighted by atomic mass is 9.95. The van der Waals surface area contributed by atoms with Crippen LogP contribution in [0.1, 0.15) is 24.3 Å². The molecule has 1 unspecified atom stereocenters. The fraction of sp³-hybridized carbons (Fsp3) is 0.273. The molecule has 0 aliphatic carbocycles. The predicted octanol–water partition coefficient (Wildman–Crippen LogP) is 2.28. The molecule has 0 bridgehead atoms. The van der Waals surface area contributed by atoms with E-state index in [1.54, 1.807) is 0 Å². The van der Waals surface area contributed by atoms with Crippen LogP contribution in [0.5, 0.6) is 0 Å². The second-order valence-electron chi connectivity index (χ2n) is 3.12. The summed E-state index contributed by atoms with van der Waals surface area (Å²) in [5, 5.41) is 15.8. The SMILES string of the molecule is N=CC(CCC(=O)O)c1ccccc1. The van der Waals surface area contributed by atoms with Crippen molar-refractivity contribution in [2.45, 2.75) is 18.8 Å². The van der Waals surface area contributed by atoms with Gasteiger partial charge in [-0.2, -0.15) is 0 Å². The molecule has 14 heavy (non-hydrogen) atoms. The van der Waals surface area contributed by atoms with Gasteiger partial charge in [-0.3, -0.25) is 4.79 Å². The molecule has 1 aromatic rings. The molecule has 3 nitrogen and oxygen atoms in total. The van der Waals surface area contributed by atoms with Crippen molar-refractivity contribution in [2.24, 2.45) is 0 Å². The quantitative estimate of drug-likeness (QED) is 0.701. The number of carboxylic acids is 1. The van der Waals surface area contributed by atoms with Crippen molar-refractivity contribution in [1.29, 1.82) is 5.41 Å². The second-order valence-corrected chi connectivity index (χ2v) is 3.12. The molecule has 0 fully saturated rings. The Balaban J connectivity index is 2.63. The van der Waals surface area contributed by atoms with Crippen LogP contribution in [-0.4, -0.2) is 17.3 Å². The van der Waals surface area contributed by atoms with Crippen molar-refractivity contribution in [3.05, 3.63) is 35.9 Å². The highest BCUT2D eigenvalue weighted by Gasteiger charge is 2.09. The monoisotopic (exact) mass is 191 g/mol. The molecule has 0 saturated carbocycles. The summed E-state index contributed by atoms with van der Waals surface area (Å²) in [6.07, 6.45) is 1.90. The number of benzene rings is 1. The van der Waals surface area contributed by atoms with Crippen LogP contribution in [0.3, 0.4) is 0 Å². The summed E-state index contributed by atoms with van der Waals surface area (Å²) in [6, 6.07) is 9.52. The molecule has 74 valence electrons. The third-order valence-corrected chi connectivity index (χ3v) is 2.10. The molecule has 1 aromatic carbocycles. The summed E-state index contributed by atoms with van der Waals surface area (Å²) >= 11 is 0. The van der Waals surface area contributed by atoms with E-state index >= 15 is 0 Å². The van der Waals surface area contributed by atoms with Crippen molar-refractivity contribution in [2.75, 3.05) is 0 Å². The topological polar surface area (TPSA) is 61.2 Å². The summed E-state index contributed by atoms with van der Waals surface area (Å²) in [5.41, 5.74) is 1.00. The summed E-state index contributed by atoms with van der Waals surface area (Å²) < 4.78 is 0. The van der Waals surface area contributed by atoms with E-state index < -0.39 is 5.97 Å². The highest BCUT2D eigenvalue weighted by atomic mass is 16.4. The van der Waals surface area contributed by atoms with Gasteiger partial charge in [0.1, 0.15) is 0 Å². The molecule has 1 atom stereocenters. The Labute approximate surface area is 82.9 Å². The van der Waals surface area contributed by atoms with Gasteiger partial charge in [0.05, 0.1) is 0 Å². The van der Waals surface area contributed by atoms with Gasteiger partial charge < -0.3 is 10.5 Å². The average Bonchev–Trinajstić information content (AvgIpc) is 2.20. The Bertz CT molecular complexity index is 308. The highest BCUT2D eigenvalue weighted by molar-refractivity contribution is 5.69. The number of hydrogen-bond acceptors (Lipinski definition) is 2. The summed E-state index contributed by atoms with van der Waals surface area (Å²) in [4.78, 5) is 10.4. The third kappa shape index (κ3) is 3.01. The molecule has 0 aromatic heterocycles. The normalized spacial score (nSPS) is 12.0. The van der Waals surface area contributed by atoms with Crippen LogP contribution in [0, 0.1) is 5.41 Å². The number of aliphatic carboxylic acids is 1. The summed E-state index contributed by atoms with van der Waals surface area (Å²) in [6.45, 7) is 0. The highest BCUT2D eigenvalue weighted by Crippen LogP contribution is 2.18. The van der Waals surface area contributed by atoms with E-state index in [-0.39, 0.29) is 12.3 Å². The van der Waals surface area contributed by atoms with Crippen molar-refractivity contribution >= 4 is 12.2 Å². The first kappa shape index (κ1) is 10.4. The molecule has 0 saturated heterocycles. The van der Waals surface area contributed by atoms with Gasteiger partial charge in [-0.15, -0.1) is 0 Å². The van der Waals surface area contributed by atoms with Crippen molar-refractivity contribution < 1.29 is 9.90 Å². The average molecular weight is 191 g/mol. The lowest BCUT2D eigenvalue weighted by Crippen LogP contribution is -2.03. The van der Waals surface area contributed by atoms with Crippen LogP contribution in [0.4, 0.5) is 0 Å². The van der Waals surface area contributed by atoms with Crippen molar-refractivity contribution in [3.8, 4) is 0 Å². The molecule has 0 aliphatic rings. The summed E-state index contributed by atoms with van der Waals surface area (Å²) in [7, 11) is 0. The molecule has 2 N–H and O–H groups in total. The van der Waals surface area contributed by atoms with Gasteiger partial charge >= 0.3 is 5.97 Å². The zero-order valence-electron chi connectivity index (χ0n) is 7.81. The van der Waals surface area contributed by atoms with E-state index in [2.05, 4.69) is 0 Å². The van der Waals surface area contributed by atoms with E-state index in [1.165, 1.54) is 6.21 Å². The van der Waals surface area contributed by atoms with Crippen LogP contribution < -0.4 is 0 Å². The lowest BCUT2D eigenvalue weighted by Gasteiger charge is -2.09. The Morgan fingerprint density at radius 2 is 2.07 bits per heavy atom. The maximum Gasteiger partial charge on any atom is 0.303 e. The smallest absolute Gasteiger partial charge is 0.303 e. The van der Waals surface area contributed by atoms with E-state index in [1.807, 2.05) is 30.3 Å². The maximum absolute atomic E-state index is 10.4. The van der Waals surface area contributed by atoms with Crippen LogP contribution in [-0.2, 0) is 4.79 Å². The minimum Gasteiger partial charge on any atom is -0.481 e. The summed E-state index contributed by atoms with van der Waals surface area (Å²) in [5.74, 6) is -0.889. The number of rotatable bonds is 5. The van der Waals surface area contributed by atoms with Gasteiger partial charge in [0.2, 0.25) is 0 Å². The van der Waals surface area contributed by atoms with Crippen molar-refractivity contribution in [1.82, 2.24) is 0 Å². The second kappa shape index (κ2) is 5.17. The van der Waals surface area contributed by atoms with Crippen LogP contribution in [0.15, 0.2) is 30.3 Å². The Morgan fingerprint density at radius 3 is 2.57 bits per heavy atom. The first-order valence-electron chi connectivity index (χ1n) is 4.51. The first-order chi connectivity index (χ1) is 6.74. The van der Waals surface area contributed by atoms with Gasteiger partial charge in [0.15, 0.2) is 0 Å². The fourth-order valence-corrected chi connectivity index (χ4v) is 1.33. The minimum absolute atomic E-state index is 0.0766. The Morgan fingerprint density at radius 1 is 1.43 bits per heavy atom. The van der Waals surface area contributed by atoms with Gasteiger partial charge in [0, 0.05) is 18.6 Å². The number of carbonyl (C=O) groups is 1. The van der Waals surface area contributed by atoms with Crippen LogP contribution in [0.25, 0.3) is 0 Å². The lowest BCUT2D eigenvalue weighted by molar-refractivity contribution is -0.137. The minimum atomic E-state index is -0.812. The first-order valence-corrected chi connectivity index (χ1v) is 4.51. The van der Waals surface area contributed by atoms with E-state index in [9.17, 15) is 4.79 Å². The molecule has 0 amide bonds. The van der Waals surface area contributed by atoms with E-state index in [0.717, 1.165) is 5.56 Å². The molecule has 0 spiro atoms. The standard InChI is InChI=1S/C11H13NO2/c12-8-10(6-7-11(13)14)9-4-2-1-3-5-9/h1-5,8,10,12H,6-7H2,(H,13,14). The predicted molar refractivity (Wildman–Crippen MR) is 54.8 cm³/mol. The van der Waals surface area contributed by atoms with E-state index in [0.29, 0.717) is 6.42 Å². The van der Waals surface area contributed by atoms with Gasteiger partial charge in [-0.1, -0.05) is 30.3 Å². The fourth-order valence-electron chi connectivity index (χ4n) is 1.33. The van der Waals surface area contributed by atoms with Crippen LogP contribution in [0.2, 0.25) is 0 Å². The molecule has 3 heteroatoms. The number of hydrogen-bond donors (Lipinski definition) is 2. The largest absolute Gasteiger partial charge is 0.481 e. The van der Waals surface area contributed by atoms with Gasteiger partial charge in [-0.05, 0) is 12.0 Å². The Kier molecular flexibility index (Phi) is 3.85. The molecule has 0 aliphatic heterocycles. The molecule has 0 radical (unpaired) electrons. The zero-order valence-corrected chi connectivity index (χ0v) is 7.81. The number of nitrogens with one attached hydrogen (secondary N) is 1. The van der Waals surface area contributed by atoms with E-state index in [4.69, 9.17) is 10.5 Å². The van der Waals surface area contributed by atoms with Gasteiger partial charge in [0.25, 0.3) is 0 Å². The molecular weight excluding hydrogens is 178 g/mol.